The van der Waals surface area contributed by atoms with E-state index in [-0.39, 0.29) is 12.1 Å². The molecule has 1 amide bonds. The van der Waals surface area contributed by atoms with Crippen LogP contribution in [0.25, 0.3) is 10.9 Å². The smallest absolute Gasteiger partial charge is 0.262 e. The van der Waals surface area contributed by atoms with Crippen LogP contribution in [0.5, 0.6) is 0 Å². The van der Waals surface area contributed by atoms with E-state index in [1.807, 2.05) is 29.5 Å². The van der Waals surface area contributed by atoms with E-state index in [1.54, 1.807) is 6.07 Å². The SMILES string of the molecule is NC(=O)Cn1c(C[NH+]2CCc3sccc3[C@@H]2C2CC2)nc2ccccc2c1=O. The molecular formula is C21H23N4O2S+. The molecule has 28 heavy (non-hydrogen) atoms. The lowest BCUT2D eigenvalue weighted by atomic mass is 9.96. The fraction of sp³-hybridized carbons (Fsp3) is 0.381. The summed E-state index contributed by atoms with van der Waals surface area (Å²) in [4.78, 5) is 32.4. The van der Waals surface area contributed by atoms with Crippen molar-refractivity contribution in [3.05, 3.63) is 62.3 Å². The van der Waals surface area contributed by atoms with Crippen LogP contribution >= 0.6 is 11.3 Å². The lowest BCUT2D eigenvalue weighted by molar-refractivity contribution is -0.950. The van der Waals surface area contributed by atoms with Gasteiger partial charge in [0.15, 0.2) is 5.82 Å². The number of nitrogens with one attached hydrogen (secondary N) is 1. The molecule has 3 heterocycles. The van der Waals surface area contributed by atoms with E-state index in [9.17, 15) is 9.59 Å². The Kier molecular flexibility index (Phi) is 4.29. The van der Waals surface area contributed by atoms with Gasteiger partial charge in [0.05, 0.1) is 17.4 Å². The van der Waals surface area contributed by atoms with Crippen LogP contribution in [0.15, 0.2) is 40.5 Å². The zero-order valence-electron chi connectivity index (χ0n) is 15.6. The Morgan fingerprint density at radius 3 is 2.89 bits per heavy atom. The van der Waals surface area contributed by atoms with Crippen LogP contribution in [0.1, 0.15) is 35.1 Å². The molecule has 1 fully saturated rings. The number of aromatic nitrogens is 2. The van der Waals surface area contributed by atoms with Crippen molar-refractivity contribution in [2.45, 2.75) is 38.4 Å². The van der Waals surface area contributed by atoms with Gasteiger partial charge in [-0.15, -0.1) is 11.3 Å². The Morgan fingerprint density at radius 2 is 2.11 bits per heavy atom. The van der Waals surface area contributed by atoms with E-state index in [1.165, 1.54) is 32.7 Å². The molecular weight excluding hydrogens is 372 g/mol. The summed E-state index contributed by atoms with van der Waals surface area (Å²) in [6, 6.07) is 10.0. The van der Waals surface area contributed by atoms with Gasteiger partial charge in [-0.3, -0.25) is 14.2 Å². The van der Waals surface area contributed by atoms with Gasteiger partial charge in [-0.05, 0) is 36.4 Å². The van der Waals surface area contributed by atoms with E-state index < -0.39 is 5.91 Å². The number of primary amides is 1. The molecule has 2 atom stereocenters. The number of nitrogens with two attached hydrogens (primary N) is 1. The van der Waals surface area contributed by atoms with Crippen molar-refractivity contribution < 1.29 is 9.69 Å². The molecule has 0 bridgehead atoms. The van der Waals surface area contributed by atoms with Gasteiger partial charge in [0.25, 0.3) is 5.56 Å². The lowest BCUT2D eigenvalue weighted by Gasteiger charge is -2.33. The highest BCUT2D eigenvalue weighted by atomic mass is 32.1. The highest BCUT2D eigenvalue weighted by Gasteiger charge is 2.43. The van der Waals surface area contributed by atoms with Gasteiger partial charge >= 0.3 is 0 Å². The maximum atomic E-state index is 13.0. The number of nitrogens with zero attached hydrogens (tertiary/aromatic N) is 2. The van der Waals surface area contributed by atoms with Crippen LogP contribution in [0.3, 0.4) is 0 Å². The number of rotatable bonds is 5. The van der Waals surface area contributed by atoms with E-state index >= 15 is 0 Å². The number of carbonyl (C=O) groups excluding carboxylic acids is 1. The molecule has 144 valence electrons. The number of hydrogen-bond donors (Lipinski definition) is 2. The zero-order chi connectivity index (χ0) is 19.3. The highest BCUT2D eigenvalue weighted by molar-refractivity contribution is 7.10. The van der Waals surface area contributed by atoms with Crippen molar-refractivity contribution in [2.24, 2.45) is 11.7 Å². The third kappa shape index (κ3) is 3.04. The molecule has 2 aromatic heterocycles. The van der Waals surface area contributed by atoms with Gasteiger partial charge in [0.1, 0.15) is 19.1 Å². The van der Waals surface area contributed by atoms with Gasteiger partial charge in [-0.25, -0.2) is 4.98 Å². The second-order valence-corrected chi connectivity index (χ2v) is 8.85. The molecule has 0 saturated heterocycles. The minimum Gasteiger partial charge on any atom is -0.368 e. The Balaban J connectivity index is 1.57. The summed E-state index contributed by atoms with van der Waals surface area (Å²) < 4.78 is 1.48. The summed E-state index contributed by atoms with van der Waals surface area (Å²) in [5.41, 5.74) is 7.41. The summed E-state index contributed by atoms with van der Waals surface area (Å²) in [5.74, 6) is 0.843. The largest absolute Gasteiger partial charge is 0.368 e. The van der Waals surface area contributed by atoms with Crippen LogP contribution in [-0.2, 0) is 24.3 Å². The fourth-order valence-corrected chi connectivity index (χ4v) is 5.50. The molecule has 7 heteroatoms. The Hall–Kier alpha value is -2.51. The van der Waals surface area contributed by atoms with Crippen molar-refractivity contribution in [1.29, 1.82) is 0 Å². The first-order valence-electron chi connectivity index (χ1n) is 9.79. The van der Waals surface area contributed by atoms with Crippen LogP contribution in [0, 0.1) is 5.92 Å². The van der Waals surface area contributed by atoms with Crippen LogP contribution in [0.4, 0.5) is 0 Å². The van der Waals surface area contributed by atoms with Crippen molar-refractivity contribution in [2.75, 3.05) is 6.54 Å². The van der Waals surface area contributed by atoms with Gasteiger partial charge in [0, 0.05) is 22.8 Å². The quantitative estimate of drug-likeness (QED) is 0.677. The number of benzene rings is 1. The zero-order valence-corrected chi connectivity index (χ0v) is 16.4. The van der Waals surface area contributed by atoms with Crippen molar-refractivity contribution >= 4 is 28.1 Å². The topological polar surface area (TPSA) is 82.4 Å². The molecule has 1 unspecified atom stereocenters. The van der Waals surface area contributed by atoms with Gasteiger partial charge in [0.2, 0.25) is 5.91 Å². The van der Waals surface area contributed by atoms with E-state index in [0.717, 1.165) is 13.0 Å². The molecule has 6 nitrogen and oxygen atoms in total. The molecule has 1 aliphatic carbocycles. The third-order valence-electron chi connectivity index (χ3n) is 5.96. The summed E-state index contributed by atoms with van der Waals surface area (Å²) in [6.07, 6.45) is 3.59. The fourth-order valence-electron chi connectivity index (χ4n) is 4.57. The normalized spacial score (nSPS) is 21.6. The first-order valence-corrected chi connectivity index (χ1v) is 10.7. The predicted octanol–water partition coefficient (Wildman–Crippen LogP) is 1.04. The average molecular weight is 396 g/mol. The number of quaternary nitrogens is 1. The molecule has 1 aliphatic heterocycles. The van der Waals surface area contributed by atoms with Crippen LogP contribution in [-0.4, -0.2) is 22.0 Å². The van der Waals surface area contributed by atoms with Crippen LogP contribution < -0.4 is 16.2 Å². The van der Waals surface area contributed by atoms with Crippen molar-refractivity contribution in [3.8, 4) is 0 Å². The highest BCUT2D eigenvalue weighted by Crippen LogP contribution is 2.42. The van der Waals surface area contributed by atoms with E-state index in [4.69, 9.17) is 10.7 Å². The number of thiophene rings is 1. The molecule has 2 aliphatic rings. The molecule has 3 N–H and O–H groups in total. The minimum atomic E-state index is -0.520. The monoisotopic (exact) mass is 395 g/mol. The number of para-hydroxylation sites is 1. The minimum absolute atomic E-state index is 0.128. The Labute approximate surface area is 166 Å². The third-order valence-corrected chi connectivity index (χ3v) is 6.96. The van der Waals surface area contributed by atoms with E-state index in [0.29, 0.717) is 35.2 Å². The summed E-state index contributed by atoms with van der Waals surface area (Å²) in [7, 11) is 0. The number of amides is 1. The Bertz CT molecular complexity index is 1120. The van der Waals surface area contributed by atoms with Gasteiger partial charge in [-0.1, -0.05) is 12.1 Å². The van der Waals surface area contributed by atoms with Gasteiger partial charge < -0.3 is 10.6 Å². The number of hydrogen-bond acceptors (Lipinski definition) is 4. The van der Waals surface area contributed by atoms with Crippen molar-refractivity contribution in [1.82, 2.24) is 9.55 Å². The van der Waals surface area contributed by atoms with Gasteiger partial charge in [-0.2, -0.15) is 0 Å². The predicted molar refractivity (Wildman–Crippen MR) is 108 cm³/mol. The Morgan fingerprint density at radius 1 is 1.29 bits per heavy atom. The maximum Gasteiger partial charge on any atom is 0.262 e. The molecule has 0 spiro atoms. The van der Waals surface area contributed by atoms with Crippen molar-refractivity contribution in [3.63, 3.8) is 0 Å². The molecule has 5 rings (SSSR count). The second-order valence-electron chi connectivity index (χ2n) is 7.85. The van der Waals surface area contributed by atoms with E-state index in [2.05, 4.69) is 11.4 Å². The maximum absolute atomic E-state index is 13.0. The number of carbonyl (C=O) groups is 1. The standard InChI is InChI=1S/C21H22N4O2S/c22-18(26)11-25-19(23-16-4-2-1-3-14(16)21(25)27)12-24-9-7-17-15(8-10-28-17)20(24)13-5-6-13/h1-4,8,10,13,20H,5-7,9,11-12H2,(H2,22,26)/p+1/t20-/m0/s1. The van der Waals surface area contributed by atoms with Crippen LogP contribution in [0.2, 0.25) is 0 Å². The molecule has 1 saturated carbocycles. The number of fused-ring (bicyclic) bond motifs is 2. The summed E-state index contributed by atoms with van der Waals surface area (Å²) in [5, 5.41) is 2.72. The first-order chi connectivity index (χ1) is 13.6. The molecule has 0 radical (unpaired) electrons. The molecule has 3 aromatic rings. The first kappa shape index (κ1) is 17.6. The molecule has 1 aromatic carbocycles. The lowest BCUT2D eigenvalue weighted by Crippen LogP contribution is -3.12. The average Bonchev–Trinajstić information content (AvgIpc) is 3.40. The summed E-state index contributed by atoms with van der Waals surface area (Å²) >= 11 is 1.85. The second kappa shape index (κ2) is 6.83. The summed E-state index contributed by atoms with van der Waals surface area (Å²) in [6.45, 7) is 1.52.